The summed E-state index contributed by atoms with van der Waals surface area (Å²) in [6, 6.07) is 0. The summed E-state index contributed by atoms with van der Waals surface area (Å²) in [5.41, 5.74) is 1.37. The molecule has 0 aromatic carbocycles. The van der Waals surface area contributed by atoms with Crippen LogP contribution in [0, 0.1) is 18.8 Å². The minimum atomic E-state index is 0.309. The van der Waals surface area contributed by atoms with Gasteiger partial charge in [-0.25, -0.2) is 9.97 Å². The van der Waals surface area contributed by atoms with Gasteiger partial charge in [-0.3, -0.25) is 4.79 Å². The van der Waals surface area contributed by atoms with Crippen molar-refractivity contribution in [3.63, 3.8) is 0 Å². The summed E-state index contributed by atoms with van der Waals surface area (Å²) in [5, 5.41) is 3.49. The Morgan fingerprint density at radius 2 is 2.04 bits per heavy atom. The van der Waals surface area contributed by atoms with E-state index in [2.05, 4.69) is 34.0 Å². The van der Waals surface area contributed by atoms with Gasteiger partial charge in [0.1, 0.15) is 16.5 Å². The predicted octanol–water partition coefficient (Wildman–Crippen LogP) is 3.65. The molecule has 2 aromatic rings. The van der Waals surface area contributed by atoms with Crippen molar-refractivity contribution in [3.05, 3.63) is 16.8 Å². The van der Waals surface area contributed by atoms with Gasteiger partial charge in [-0.05, 0) is 49.5 Å². The van der Waals surface area contributed by atoms with Crippen LogP contribution < -0.4 is 4.90 Å². The van der Waals surface area contributed by atoms with Gasteiger partial charge in [-0.2, -0.15) is 0 Å². The van der Waals surface area contributed by atoms with Crippen LogP contribution in [-0.2, 0) is 11.2 Å². The summed E-state index contributed by atoms with van der Waals surface area (Å²) < 4.78 is 0. The van der Waals surface area contributed by atoms with Crippen molar-refractivity contribution in [3.8, 4) is 0 Å². The van der Waals surface area contributed by atoms with Crippen molar-refractivity contribution in [1.82, 2.24) is 14.9 Å². The number of anilines is 1. The number of hydrogen-bond acceptors (Lipinski definition) is 5. The van der Waals surface area contributed by atoms with E-state index in [1.807, 2.05) is 6.92 Å². The van der Waals surface area contributed by atoms with Crippen LogP contribution in [0.5, 0.6) is 0 Å². The lowest BCUT2D eigenvalue weighted by atomic mass is 10.0. The first kappa shape index (κ1) is 17.7. The van der Waals surface area contributed by atoms with E-state index in [0.717, 1.165) is 68.3 Å². The third kappa shape index (κ3) is 3.56. The van der Waals surface area contributed by atoms with Crippen LogP contribution in [0.3, 0.4) is 0 Å². The Morgan fingerprint density at radius 3 is 2.77 bits per heavy atom. The van der Waals surface area contributed by atoms with Gasteiger partial charge in [0.25, 0.3) is 0 Å². The quantitative estimate of drug-likeness (QED) is 0.822. The van der Waals surface area contributed by atoms with Gasteiger partial charge >= 0.3 is 0 Å². The number of carbonyl (C=O) groups is 1. The highest BCUT2D eigenvalue weighted by Gasteiger charge is 2.34. The lowest BCUT2D eigenvalue weighted by Crippen LogP contribution is -2.36. The molecule has 1 aliphatic carbocycles. The summed E-state index contributed by atoms with van der Waals surface area (Å²) in [6.07, 6.45) is 4.22. The third-order valence-electron chi connectivity index (χ3n) is 5.26. The number of amides is 1. The normalized spacial score (nSPS) is 18.6. The number of fused-ring (bicyclic) bond motifs is 1. The molecule has 0 spiro atoms. The number of thiophene rings is 1. The molecule has 0 bridgehead atoms. The Morgan fingerprint density at radius 1 is 1.23 bits per heavy atom. The van der Waals surface area contributed by atoms with Gasteiger partial charge in [-0.1, -0.05) is 13.8 Å². The Balaban J connectivity index is 1.62. The summed E-state index contributed by atoms with van der Waals surface area (Å²) in [4.78, 5) is 27.5. The number of nitrogens with zero attached hydrogens (tertiary/aromatic N) is 4. The van der Waals surface area contributed by atoms with Crippen molar-refractivity contribution in [2.75, 3.05) is 31.1 Å². The van der Waals surface area contributed by atoms with Gasteiger partial charge in [0.15, 0.2) is 0 Å². The number of aryl methyl sites for hydroxylation is 1. The molecule has 0 radical (unpaired) electrons. The molecular weight excluding hydrogens is 344 g/mol. The van der Waals surface area contributed by atoms with Gasteiger partial charge in [0.05, 0.1) is 5.39 Å². The molecule has 5 nitrogen and oxygen atoms in total. The molecule has 2 fully saturated rings. The van der Waals surface area contributed by atoms with Crippen LogP contribution >= 0.6 is 11.3 Å². The minimum absolute atomic E-state index is 0.309. The van der Waals surface area contributed by atoms with Gasteiger partial charge in [-0.15, -0.1) is 11.3 Å². The fourth-order valence-corrected chi connectivity index (χ4v) is 4.83. The van der Waals surface area contributed by atoms with Crippen LogP contribution in [0.15, 0.2) is 5.38 Å². The summed E-state index contributed by atoms with van der Waals surface area (Å²) in [6.45, 7) is 9.99. The lowest BCUT2D eigenvalue weighted by molar-refractivity contribution is -0.132. The van der Waals surface area contributed by atoms with Crippen LogP contribution in [-0.4, -0.2) is 47.0 Å². The molecule has 1 amide bonds. The van der Waals surface area contributed by atoms with E-state index in [4.69, 9.17) is 4.98 Å². The number of hydrogen-bond donors (Lipinski definition) is 0. The average Bonchev–Trinajstić information content (AvgIpc) is 3.40. The van der Waals surface area contributed by atoms with Crippen molar-refractivity contribution >= 4 is 33.3 Å². The number of aromatic nitrogens is 2. The van der Waals surface area contributed by atoms with E-state index in [9.17, 15) is 4.79 Å². The van der Waals surface area contributed by atoms with Gasteiger partial charge in [0, 0.05) is 32.1 Å². The molecule has 2 aliphatic rings. The van der Waals surface area contributed by atoms with Gasteiger partial charge < -0.3 is 9.80 Å². The van der Waals surface area contributed by atoms with E-state index in [-0.39, 0.29) is 0 Å². The second-order valence-electron chi connectivity index (χ2n) is 8.07. The zero-order valence-corrected chi connectivity index (χ0v) is 16.8. The molecule has 1 aliphatic heterocycles. The minimum Gasteiger partial charge on any atom is -0.354 e. The summed E-state index contributed by atoms with van der Waals surface area (Å²) >= 11 is 1.73. The van der Waals surface area contributed by atoms with E-state index < -0.39 is 0 Å². The molecule has 0 atom stereocenters. The predicted molar refractivity (Wildman–Crippen MR) is 107 cm³/mol. The third-order valence-corrected chi connectivity index (χ3v) is 6.19. The SMILES string of the molecule is Cc1nc(N2CCCN(C(=O)C3CC3)CC2)c2c(CC(C)C)csc2n1. The first-order chi connectivity index (χ1) is 12.5. The number of rotatable bonds is 4. The smallest absolute Gasteiger partial charge is 0.225 e. The van der Waals surface area contributed by atoms with Crippen molar-refractivity contribution in [1.29, 1.82) is 0 Å². The highest BCUT2D eigenvalue weighted by molar-refractivity contribution is 7.17. The highest BCUT2D eigenvalue weighted by Crippen LogP contribution is 2.35. The van der Waals surface area contributed by atoms with Gasteiger partial charge in [0.2, 0.25) is 5.91 Å². The lowest BCUT2D eigenvalue weighted by Gasteiger charge is -2.24. The molecule has 2 aromatic heterocycles. The number of carbonyl (C=O) groups excluding carboxylic acids is 1. The first-order valence-electron chi connectivity index (χ1n) is 9.81. The van der Waals surface area contributed by atoms with Crippen LogP contribution in [0.1, 0.15) is 44.5 Å². The first-order valence-corrected chi connectivity index (χ1v) is 10.7. The summed E-state index contributed by atoms with van der Waals surface area (Å²) in [7, 11) is 0. The van der Waals surface area contributed by atoms with Crippen molar-refractivity contribution in [2.24, 2.45) is 11.8 Å². The zero-order chi connectivity index (χ0) is 18.3. The zero-order valence-electron chi connectivity index (χ0n) is 16.0. The van der Waals surface area contributed by atoms with Crippen LogP contribution in [0.4, 0.5) is 5.82 Å². The van der Waals surface area contributed by atoms with Crippen molar-refractivity contribution < 1.29 is 4.79 Å². The molecule has 0 N–H and O–H groups in total. The maximum atomic E-state index is 12.4. The Hall–Kier alpha value is -1.69. The fraction of sp³-hybridized carbons (Fsp3) is 0.650. The van der Waals surface area contributed by atoms with Crippen LogP contribution in [0.2, 0.25) is 0 Å². The second-order valence-corrected chi connectivity index (χ2v) is 8.93. The molecule has 4 rings (SSSR count). The Bertz CT molecular complexity index is 811. The standard InChI is InChI=1S/C20H28N4OS/c1-13(2)11-16-12-26-19-17(16)18(21-14(3)22-19)23-7-4-8-24(10-9-23)20(25)15-5-6-15/h12-13,15H,4-11H2,1-3H3. The van der Waals surface area contributed by atoms with E-state index in [1.165, 1.54) is 10.9 Å². The average molecular weight is 373 g/mol. The molecule has 6 heteroatoms. The topological polar surface area (TPSA) is 49.3 Å². The largest absolute Gasteiger partial charge is 0.354 e. The Labute approximate surface area is 159 Å². The molecule has 0 unspecified atom stereocenters. The molecule has 140 valence electrons. The maximum absolute atomic E-state index is 12.4. The fourth-order valence-electron chi connectivity index (χ4n) is 3.84. The highest BCUT2D eigenvalue weighted by atomic mass is 32.1. The Kier molecular flexibility index (Phi) is 4.86. The molecule has 1 saturated carbocycles. The van der Waals surface area contributed by atoms with Crippen molar-refractivity contribution in [2.45, 2.75) is 46.5 Å². The van der Waals surface area contributed by atoms with E-state index in [0.29, 0.717) is 17.7 Å². The molecule has 3 heterocycles. The van der Waals surface area contributed by atoms with Crippen LogP contribution in [0.25, 0.3) is 10.2 Å². The van der Waals surface area contributed by atoms with E-state index in [1.54, 1.807) is 11.3 Å². The maximum Gasteiger partial charge on any atom is 0.225 e. The second kappa shape index (κ2) is 7.14. The monoisotopic (exact) mass is 372 g/mol. The summed E-state index contributed by atoms with van der Waals surface area (Å²) in [5.74, 6) is 3.19. The van der Waals surface area contributed by atoms with E-state index >= 15 is 0 Å². The molecular formula is C20H28N4OS. The molecule has 1 saturated heterocycles. The molecule has 26 heavy (non-hydrogen) atoms.